The Hall–Kier alpha value is -5.56. The second-order valence-electron chi connectivity index (χ2n) is 14.2. The Kier molecular flexibility index (Phi) is 9.46. The van der Waals surface area contributed by atoms with Gasteiger partial charge in [0.05, 0.1) is 63.9 Å². The van der Waals surface area contributed by atoms with Crippen LogP contribution in [0.15, 0.2) is 66.2 Å². The van der Waals surface area contributed by atoms with Gasteiger partial charge in [0, 0.05) is 5.92 Å². The van der Waals surface area contributed by atoms with Crippen LogP contribution in [0.2, 0.25) is 0 Å². The number of rotatable bonds is 5. The molecule has 0 spiro atoms. The first kappa shape index (κ1) is 40.6. The van der Waals surface area contributed by atoms with Crippen molar-refractivity contribution in [2.75, 3.05) is 16.4 Å². The molecule has 8 nitrogen and oxygen atoms in total. The first-order valence-electron chi connectivity index (χ1n) is 17.3. The van der Waals surface area contributed by atoms with E-state index in [0.717, 1.165) is 6.07 Å². The van der Waals surface area contributed by atoms with Crippen molar-refractivity contribution in [1.29, 1.82) is 0 Å². The molecule has 0 unspecified atom stereocenters. The van der Waals surface area contributed by atoms with Gasteiger partial charge in [-0.15, -0.1) is 0 Å². The lowest BCUT2D eigenvalue weighted by Gasteiger charge is -2.44. The highest BCUT2D eigenvalue weighted by Gasteiger charge is 2.63. The first-order valence-corrected chi connectivity index (χ1v) is 17.3. The van der Waals surface area contributed by atoms with Gasteiger partial charge in [0.25, 0.3) is 0 Å². The maximum Gasteiger partial charge on any atom is 0.416 e. The van der Waals surface area contributed by atoms with Crippen molar-refractivity contribution in [2.45, 2.75) is 50.4 Å². The number of phenolic OH excluding ortho intramolecular Hbond substituents is 1. The van der Waals surface area contributed by atoms with Crippen LogP contribution >= 0.6 is 0 Å². The summed E-state index contributed by atoms with van der Waals surface area (Å²) in [4.78, 5) is 57.0. The highest BCUT2D eigenvalue weighted by Crippen LogP contribution is 2.59. The number of allylic oxidation sites excluding steroid dienone is 2. The molecule has 0 aromatic heterocycles. The lowest BCUT2D eigenvalue weighted by molar-refractivity contribution is -0.144. The smallest absolute Gasteiger partial charge is 0.416 e. The van der Waals surface area contributed by atoms with Crippen molar-refractivity contribution in [3.63, 3.8) is 0 Å². The molecule has 2 aliphatic carbocycles. The molecule has 3 fully saturated rings. The molecule has 3 aromatic carbocycles. The number of carbonyl (C=O) groups excluding carboxylic acids is 4. The Morgan fingerprint density at radius 3 is 1.50 bits per heavy atom. The van der Waals surface area contributed by atoms with Crippen molar-refractivity contribution >= 4 is 35.0 Å². The minimum atomic E-state index is -5.37. The van der Waals surface area contributed by atoms with Crippen molar-refractivity contribution in [3.05, 3.63) is 94.1 Å². The molecule has 4 amide bonds. The average molecular weight is 835 g/mol. The number of halogens is 12. The Balaban J connectivity index is 1.36. The van der Waals surface area contributed by atoms with E-state index < -0.39 is 130 Å². The topological polar surface area (TPSA) is 104 Å². The van der Waals surface area contributed by atoms with E-state index in [4.69, 9.17) is 4.74 Å². The van der Waals surface area contributed by atoms with Crippen LogP contribution in [0.5, 0.6) is 11.5 Å². The number of alkyl halides is 12. The number of imide groups is 2. The second-order valence-corrected chi connectivity index (χ2v) is 14.2. The van der Waals surface area contributed by atoms with Gasteiger partial charge in [0.1, 0.15) is 0 Å². The number of aromatic hydroxyl groups is 1. The largest absolute Gasteiger partial charge is 0.504 e. The summed E-state index contributed by atoms with van der Waals surface area (Å²) in [5.74, 6) is -14.1. The number of hydrogen-bond donors (Lipinski definition) is 1. The SMILES string of the molecule is CCOc1cc([C@H]2C3=CC[C@@H]4C(=O)N(c5cc(C(F)(F)F)cc(C(F)(F)F)c5)C(=O)[C@@H]4[C@@H]3C[C@H]3C(=O)N(c4cc(C(F)(F)F)cc(C(F)(F)F)c4)C(=O)[C@@H]23)ccc1O. The maximum absolute atomic E-state index is 14.3. The molecule has 3 aromatic rings. The molecule has 1 N–H and O–H groups in total. The van der Waals surface area contributed by atoms with E-state index in [-0.39, 0.29) is 76.1 Å². The van der Waals surface area contributed by atoms with Crippen LogP contribution < -0.4 is 14.5 Å². The number of ether oxygens (including phenoxy) is 1. The zero-order chi connectivity index (χ0) is 42.6. The van der Waals surface area contributed by atoms with Gasteiger partial charge < -0.3 is 9.84 Å². The Morgan fingerprint density at radius 2 is 1.05 bits per heavy atom. The number of fused-ring (bicyclic) bond motifs is 4. The second kappa shape index (κ2) is 13.5. The third kappa shape index (κ3) is 6.72. The maximum atomic E-state index is 14.3. The van der Waals surface area contributed by atoms with Crippen LogP contribution in [0.25, 0.3) is 0 Å². The quantitative estimate of drug-likeness (QED) is 0.157. The lowest BCUT2D eigenvalue weighted by atomic mass is 9.57. The zero-order valence-corrected chi connectivity index (χ0v) is 29.3. The monoisotopic (exact) mass is 834 g/mol. The number of nitrogens with zero attached hydrogens (tertiary/aromatic N) is 2. The molecule has 2 heterocycles. The molecule has 2 saturated heterocycles. The number of phenols is 1. The molecule has 2 aliphatic heterocycles. The third-order valence-corrected chi connectivity index (χ3v) is 11.0. The normalized spacial score (nSPS) is 25.2. The van der Waals surface area contributed by atoms with Crippen LogP contribution in [-0.4, -0.2) is 35.3 Å². The standard InChI is InChI=1S/C38H26F12N2O6/c1-2-58-27-7-15(3-6-26(27)53)28-22-4-5-23-29(33(56)51(31(23)54)20-10-16(35(39,40)41)8-17(11-20)36(42,43)44)24(22)14-25-30(28)34(57)52(32(25)55)21-12-18(37(45,46)47)9-19(13-21)38(48,49)50/h3-4,6-13,23-25,28-30,53H,2,5,14H2,1H3/t23-,24+,25+,28-,29-,30+/m0/s1. The van der Waals surface area contributed by atoms with Gasteiger partial charge in [0.15, 0.2) is 11.5 Å². The van der Waals surface area contributed by atoms with Gasteiger partial charge in [-0.05, 0) is 79.8 Å². The fraction of sp³-hybridized carbons (Fsp3) is 0.368. The van der Waals surface area contributed by atoms with E-state index in [9.17, 15) is 77.0 Å². The average Bonchev–Trinajstić information content (AvgIpc) is 3.53. The van der Waals surface area contributed by atoms with E-state index in [1.807, 2.05) is 0 Å². The summed E-state index contributed by atoms with van der Waals surface area (Å²) in [5, 5.41) is 10.4. The van der Waals surface area contributed by atoms with Crippen LogP contribution in [-0.2, 0) is 43.9 Å². The summed E-state index contributed by atoms with van der Waals surface area (Å²) < 4.78 is 171. The minimum absolute atomic E-state index is 0.00310. The summed E-state index contributed by atoms with van der Waals surface area (Å²) in [6.07, 6.45) is -20.9. The molecule has 4 aliphatic rings. The van der Waals surface area contributed by atoms with Crippen LogP contribution in [0.4, 0.5) is 64.1 Å². The van der Waals surface area contributed by atoms with Crippen LogP contribution in [0.3, 0.4) is 0 Å². The predicted octanol–water partition coefficient (Wildman–Crippen LogP) is 8.91. The van der Waals surface area contributed by atoms with Crippen molar-refractivity contribution in [3.8, 4) is 11.5 Å². The summed E-state index contributed by atoms with van der Waals surface area (Å²) in [5.41, 5.74) is -9.10. The Morgan fingerprint density at radius 1 is 0.603 bits per heavy atom. The summed E-state index contributed by atoms with van der Waals surface area (Å²) in [7, 11) is 0. The molecule has 20 heteroatoms. The third-order valence-electron chi connectivity index (χ3n) is 11.0. The molecule has 58 heavy (non-hydrogen) atoms. The van der Waals surface area contributed by atoms with Crippen molar-refractivity contribution in [1.82, 2.24) is 0 Å². The highest BCUT2D eigenvalue weighted by atomic mass is 19.4. The molecular formula is C38H26F12N2O6. The zero-order valence-electron chi connectivity index (χ0n) is 29.3. The predicted molar refractivity (Wildman–Crippen MR) is 175 cm³/mol. The Bertz CT molecular complexity index is 2210. The van der Waals surface area contributed by atoms with Crippen molar-refractivity contribution in [2.24, 2.45) is 29.6 Å². The van der Waals surface area contributed by atoms with Crippen LogP contribution in [0.1, 0.15) is 53.5 Å². The highest BCUT2D eigenvalue weighted by molar-refractivity contribution is 6.24. The number of hydrogen-bond acceptors (Lipinski definition) is 6. The van der Waals surface area contributed by atoms with E-state index in [1.54, 1.807) is 6.92 Å². The first-order chi connectivity index (χ1) is 26.8. The van der Waals surface area contributed by atoms with Gasteiger partial charge in [-0.2, -0.15) is 52.7 Å². The van der Waals surface area contributed by atoms with Gasteiger partial charge in [-0.25, -0.2) is 9.80 Å². The Labute approximate surface area is 318 Å². The number of benzene rings is 3. The number of anilines is 2. The number of carbonyl (C=O) groups is 4. The summed E-state index contributed by atoms with van der Waals surface area (Å²) >= 11 is 0. The van der Waals surface area contributed by atoms with Gasteiger partial charge in [-0.3, -0.25) is 19.2 Å². The van der Waals surface area contributed by atoms with E-state index in [2.05, 4.69) is 0 Å². The van der Waals surface area contributed by atoms with Gasteiger partial charge in [-0.1, -0.05) is 17.7 Å². The molecule has 308 valence electrons. The molecule has 1 saturated carbocycles. The molecule has 0 bridgehead atoms. The van der Waals surface area contributed by atoms with E-state index >= 15 is 0 Å². The molecule has 6 atom stereocenters. The molecule has 0 radical (unpaired) electrons. The fourth-order valence-corrected chi connectivity index (χ4v) is 8.60. The fourth-order valence-electron chi connectivity index (χ4n) is 8.60. The van der Waals surface area contributed by atoms with Crippen molar-refractivity contribution < 1.29 is 81.7 Å². The van der Waals surface area contributed by atoms with Gasteiger partial charge >= 0.3 is 24.7 Å². The van der Waals surface area contributed by atoms with E-state index in [0.29, 0.717) is 0 Å². The summed E-state index contributed by atoms with van der Waals surface area (Å²) in [6, 6.07) is 4.07. The number of amides is 4. The minimum Gasteiger partial charge on any atom is -0.504 e. The van der Waals surface area contributed by atoms with Gasteiger partial charge in [0.2, 0.25) is 23.6 Å². The van der Waals surface area contributed by atoms with E-state index in [1.165, 1.54) is 18.2 Å². The lowest BCUT2D eigenvalue weighted by Crippen LogP contribution is -2.43. The summed E-state index contributed by atoms with van der Waals surface area (Å²) in [6.45, 7) is 1.56. The molecule has 7 rings (SSSR count). The molecular weight excluding hydrogens is 808 g/mol. The van der Waals surface area contributed by atoms with Crippen LogP contribution in [0, 0.1) is 29.6 Å².